The average Bonchev–Trinajstić information content (AvgIpc) is 2.98. The van der Waals surface area contributed by atoms with E-state index >= 15 is 0 Å². The fourth-order valence-corrected chi connectivity index (χ4v) is 6.15. The fraction of sp³-hybridized carbons (Fsp3) is 0.667. The molecule has 1 aliphatic heterocycles. The van der Waals surface area contributed by atoms with Crippen molar-refractivity contribution in [2.24, 2.45) is 5.92 Å². The number of nitrogens with zero attached hydrogens (tertiary/aromatic N) is 2. The summed E-state index contributed by atoms with van der Waals surface area (Å²) in [6.45, 7) is 6.08. The van der Waals surface area contributed by atoms with E-state index in [4.69, 9.17) is 14.5 Å². The van der Waals surface area contributed by atoms with Crippen molar-refractivity contribution in [3.63, 3.8) is 0 Å². The highest BCUT2D eigenvalue weighted by molar-refractivity contribution is 7.99. The van der Waals surface area contributed by atoms with E-state index in [0.717, 1.165) is 47.0 Å². The Balaban J connectivity index is 1.68. The topological polar surface area (TPSA) is 53.4 Å². The summed E-state index contributed by atoms with van der Waals surface area (Å²) >= 11 is 3.36. The molecule has 0 aromatic carbocycles. The largest absolute Gasteiger partial charge is 0.355 e. The van der Waals surface area contributed by atoms with Gasteiger partial charge in [0, 0.05) is 17.2 Å². The number of rotatable bonds is 4. The van der Waals surface area contributed by atoms with Crippen LogP contribution in [-0.2, 0) is 28.9 Å². The summed E-state index contributed by atoms with van der Waals surface area (Å²) in [6.07, 6.45) is 4.34. The summed E-state index contributed by atoms with van der Waals surface area (Å²) in [7, 11) is 0. The quantitative estimate of drug-likeness (QED) is 0.601. The SMILES string of the molecule is CCn1c(SC[C@H]2CCOCO2)nc2sc3c(c2c1=O)CC[C@H](C)C3. The Kier molecular flexibility index (Phi) is 5.18. The molecule has 0 radical (unpaired) electrons. The van der Waals surface area contributed by atoms with Gasteiger partial charge < -0.3 is 9.47 Å². The lowest BCUT2D eigenvalue weighted by Gasteiger charge is -2.22. The minimum absolute atomic E-state index is 0.134. The lowest BCUT2D eigenvalue weighted by Crippen LogP contribution is -2.27. The molecule has 0 saturated carbocycles. The third kappa shape index (κ3) is 3.39. The zero-order valence-corrected chi connectivity index (χ0v) is 16.4. The van der Waals surface area contributed by atoms with Gasteiger partial charge in [-0.3, -0.25) is 9.36 Å². The molecule has 5 nitrogen and oxygen atoms in total. The maximum Gasteiger partial charge on any atom is 0.263 e. The van der Waals surface area contributed by atoms with Gasteiger partial charge in [-0.2, -0.15) is 0 Å². The van der Waals surface area contributed by atoms with E-state index in [-0.39, 0.29) is 11.7 Å². The molecule has 2 atom stereocenters. The van der Waals surface area contributed by atoms with Crippen molar-refractivity contribution < 1.29 is 9.47 Å². The van der Waals surface area contributed by atoms with Gasteiger partial charge in [0.1, 0.15) is 11.6 Å². The van der Waals surface area contributed by atoms with Crippen molar-refractivity contribution in [2.75, 3.05) is 19.2 Å². The number of thioether (sulfide) groups is 1. The van der Waals surface area contributed by atoms with Gasteiger partial charge in [-0.05, 0) is 44.1 Å². The Morgan fingerprint density at radius 2 is 2.28 bits per heavy atom. The number of hydrogen-bond acceptors (Lipinski definition) is 6. The van der Waals surface area contributed by atoms with Gasteiger partial charge in [0.25, 0.3) is 5.56 Å². The number of aromatic nitrogens is 2. The lowest BCUT2D eigenvalue weighted by molar-refractivity contribution is -0.130. The third-order valence-corrected chi connectivity index (χ3v) is 7.32. The standard InChI is InChI=1S/C18H24N2O3S2/c1-3-20-17(21)15-13-5-4-11(2)8-14(13)25-16(15)19-18(20)24-9-12-6-7-22-10-23-12/h11-12H,3-10H2,1-2H3/t11-,12+/m0/s1. The molecule has 4 rings (SSSR count). The van der Waals surface area contributed by atoms with Gasteiger partial charge in [-0.25, -0.2) is 4.98 Å². The Morgan fingerprint density at radius 3 is 3.04 bits per heavy atom. The minimum atomic E-state index is 0.134. The third-order valence-electron chi connectivity index (χ3n) is 5.07. The molecule has 7 heteroatoms. The molecule has 0 spiro atoms. The van der Waals surface area contributed by atoms with Gasteiger partial charge >= 0.3 is 0 Å². The van der Waals surface area contributed by atoms with Crippen LogP contribution in [0.3, 0.4) is 0 Å². The molecule has 0 N–H and O–H groups in total. The molecule has 2 aliphatic rings. The van der Waals surface area contributed by atoms with Crippen LogP contribution in [0.5, 0.6) is 0 Å². The zero-order valence-electron chi connectivity index (χ0n) is 14.7. The average molecular weight is 381 g/mol. The number of fused-ring (bicyclic) bond motifs is 3. The molecule has 0 bridgehead atoms. The minimum Gasteiger partial charge on any atom is -0.355 e. The molecular formula is C18H24N2O3S2. The van der Waals surface area contributed by atoms with E-state index in [0.29, 0.717) is 19.3 Å². The first-order valence-electron chi connectivity index (χ1n) is 9.04. The van der Waals surface area contributed by atoms with E-state index in [1.165, 1.54) is 16.9 Å². The summed E-state index contributed by atoms with van der Waals surface area (Å²) in [6, 6.07) is 0. The van der Waals surface area contributed by atoms with Crippen LogP contribution in [-0.4, -0.2) is 34.8 Å². The maximum atomic E-state index is 13.1. The van der Waals surface area contributed by atoms with Gasteiger partial charge in [-0.15, -0.1) is 11.3 Å². The summed E-state index contributed by atoms with van der Waals surface area (Å²) in [4.78, 5) is 20.3. The molecule has 2 aromatic heterocycles. The Hall–Kier alpha value is -0.890. The number of hydrogen-bond donors (Lipinski definition) is 0. The van der Waals surface area contributed by atoms with Crippen LogP contribution in [0.4, 0.5) is 0 Å². The molecule has 1 aliphatic carbocycles. The fourth-order valence-electron chi connectivity index (χ4n) is 3.59. The van der Waals surface area contributed by atoms with Crippen LogP contribution < -0.4 is 5.56 Å². The van der Waals surface area contributed by atoms with Crippen molar-refractivity contribution in [1.82, 2.24) is 9.55 Å². The van der Waals surface area contributed by atoms with Gasteiger partial charge in [0.2, 0.25) is 0 Å². The van der Waals surface area contributed by atoms with Gasteiger partial charge in [-0.1, -0.05) is 18.7 Å². The number of thiophene rings is 1. The first-order chi connectivity index (χ1) is 12.2. The molecule has 2 aromatic rings. The van der Waals surface area contributed by atoms with Crippen molar-refractivity contribution in [3.05, 3.63) is 20.8 Å². The molecule has 1 fully saturated rings. The Morgan fingerprint density at radius 1 is 1.40 bits per heavy atom. The van der Waals surface area contributed by atoms with E-state index in [2.05, 4.69) is 6.92 Å². The van der Waals surface area contributed by atoms with Crippen LogP contribution in [0.25, 0.3) is 10.2 Å². The first kappa shape index (κ1) is 17.5. The van der Waals surface area contributed by atoms with Crippen LogP contribution >= 0.6 is 23.1 Å². The first-order valence-corrected chi connectivity index (χ1v) is 10.8. The van der Waals surface area contributed by atoms with E-state index in [1.807, 2.05) is 11.5 Å². The predicted octanol–water partition coefficient (Wildman–Crippen LogP) is 3.46. The summed E-state index contributed by atoms with van der Waals surface area (Å²) in [5.74, 6) is 1.51. The van der Waals surface area contributed by atoms with Crippen molar-refractivity contribution in [1.29, 1.82) is 0 Å². The number of ether oxygens (including phenoxy) is 2. The molecule has 136 valence electrons. The van der Waals surface area contributed by atoms with Crippen LogP contribution in [0.1, 0.15) is 37.1 Å². The van der Waals surface area contributed by atoms with Crippen LogP contribution in [0, 0.1) is 5.92 Å². The van der Waals surface area contributed by atoms with Gasteiger partial charge in [0.15, 0.2) is 5.16 Å². The second kappa shape index (κ2) is 7.39. The number of aryl methyl sites for hydroxylation is 1. The Labute approximate surface area is 155 Å². The summed E-state index contributed by atoms with van der Waals surface area (Å²) in [5, 5.41) is 1.70. The van der Waals surface area contributed by atoms with Crippen LogP contribution in [0.15, 0.2) is 9.95 Å². The summed E-state index contributed by atoms with van der Waals surface area (Å²) < 4.78 is 12.7. The highest BCUT2D eigenvalue weighted by Crippen LogP contribution is 2.36. The molecule has 1 saturated heterocycles. The highest BCUT2D eigenvalue weighted by Gasteiger charge is 2.25. The second-order valence-corrected chi connectivity index (χ2v) is 8.96. The van der Waals surface area contributed by atoms with Crippen molar-refractivity contribution in [3.8, 4) is 0 Å². The molecule has 3 heterocycles. The Bertz CT molecular complexity index is 824. The van der Waals surface area contributed by atoms with Crippen molar-refractivity contribution in [2.45, 2.75) is 57.3 Å². The predicted molar refractivity (Wildman–Crippen MR) is 102 cm³/mol. The highest BCUT2D eigenvalue weighted by atomic mass is 32.2. The van der Waals surface area contributed by atoms with E-state index < -0.39 is 0 Å². The monoisotopic (exact) mass is 380 g/mol. The smallest absolute Gasteiger partial charge is 0.263 e. The van der Waals surface area contributed by atoms with E-state index in [1.54, 1.807) is 23.1 Å². The van der Waals surface area contributed by atoms with E-state index in [9.17, 15) is 4.79 Å². The lowest BCUT2D eigenvalue weighted by atomic mass is 9.89. The molecular weight excluding hydrogens is 356 g/mol. The maximum absolute atomic E-state index is 13.1. The second-order valence-electron chi connectivity index (χ2n) is 6.89. The normalized spacial score (nSPS) is 23.8. The molecule has 0 amide bonds. The molecule has 25 heavy (non-hydrogen) atoms. The van der Waals surface area contributed by atoms with Crippen molar-refractivity contribution >= 4 is 33.3 Å². The summed E-state index contributed by atoms with van der Waals surface area (Å²) in [5.41, 5.74) is 1.40. The van der Waals surface area contributed by atoms with Crippen LogP contribution in [0.2, 0.25) is 0 Å². The van der Waals surface area contributed by atoms with Gasteiger partial charge in [0.05, 0.1) is 18.1 Å². The zero-order chi connectivity index (χ0) is 17.4. The molecule has 0 unspecified atom stereocenters.